The summed E-state index contributed by atoms with van der Waals surface area (Å²) in [4.78, 5) is 0. The van der Waals surface area contributed by atoms with Crippen molar-refractivity contribution in [3.63, 3.8) is 0 Å². The van der Waals surface area contributed by atoms with Gasteiger partial charge in [0, 0.05) is 5.33 Å². The van der Waals surface area contributed by atoms with Gasteiger partial charge in [-0.15, -0.1) is 0 Å². The summed E-state index contributed by atoms with van der Waals surface area (Å²) >= 11 is 3.31. The van der Waals surface area contributed by atoms with Crippen LogP contribution in [0.15, 0.2) is 24.3 Å². The molecular formula is C12H17BrO2. The second kappa shape index (κ2) is 6.72. The second-order valence-corrected chi connectivity index (χ2v) is 4.14. The van der Waals surface area contributed by atoms with Crippen LogP contribution in [0, 0.1) is 0 Å². The summed E-state index contributed by atoms with van der Waals surface area (Å²) in [5.74, 6) is 1.78. The average Bonchev–Trinajstić information content (AvgIpc) is 2.28. The predicted octanol–water partition coefficient (Wildman–Crippen LogP) is 3.64. The molecule has 1 aromatic rings. The van der Waals surface area contributed by atoms with Crippen molar-refractivity contribution >= 4 is 15.9 Å². The monoisotopic (exact) mass is 272 g/mol. The van der Waals surface area contributed by atoms with Crippen LogP contribution in [0.25, 0.3) is 0 Å². The lowest BCUT2D eigenvalue weighted by Gasteiger charge is -2.12. The SMILES string of the molecule is CCC(C)Oc1ccc(OCCBr)cc1. The van der Waals surface area contributed by atoms with Crippen molar-refractivity contribution in [1.29, 1.82) is 0 Å². The Hall–Kier alpha value is -0.700. The van der Waals surface area contributed by atoms with Gasteiger partial charge in [0.1, 0.15) is 11.5 Å². The van der Waals surface area contributed by atoms with Gasteiger partial charge in [-0.05, 0) is 37.6 Å². The molecule has 3 heteroatoms. The molecule has 0 spiro atoms. The third-order valence-electron chi connectivity index (χ3n) is 2.08. The highest BCUT2D eigenvalue weighted by Crippen LogP contribution is 2.19. The Labute approximate surface area is 99.7 Å². The number of hydrogen-bond donors (Lipinski definition) is 0. The van der Waals surface area contributed by atoms with E-state index in [1.807, 2.05) is 24.3 Å². The van der Waals surface area contributed by atoms with E-state index in [-0.39, 0.29) is 6.10 Å². The highest BCUT2D eigenvalue weighted by Gasteiger charge is 2.00. The third-order valence-corrected chi connectivity index (χ3v) is 2.41. The molecular weight excluding hydrogens is 256 g/mol. The molecule has 1 aromatic carbocycles. The van der Waals surface area contributed by atoms with Gasteiger partial charge in [0.05, 0.1) is 12.7 Å². The third kappa shape index (κ3) is 4.56. The molecule has 0 fully saturated rings. The Morgan fingerprint density at radius 1 is 1.20 bits per heavy atom. The van der Waals surface area contributed by atoms with Crippen molar-refractivity contribution in [2.24, 2.45) is 0 Å². The summed E-state index contributed by atoms with van der Waals surface area (Å²) < 4.78 is 11.1. The smallest absolute Gasteiger partial charge is 0.119 e. The summed E-state index contributed by atoms with van der Waals surface area (Å²) in [7, 11) is 0. The van der Waals surface area contributed by atoms with Gasteiger partial charge in [0.15, 0.2) is 0 Å². The van der Waals surface area contributed by atoms with Crippen LogP contribution in [0.4, 0.5) is 0 Å². The molecule has 1 rings (SSSR count). The Balaban J connectivity index is 2.48. The molecule has 0 aliphatic rings. The molecule has 0 bridgehead atoms. The molecule has 0 saturated heterocycles. The van der Waals surface area contributed by atoms with Gasteiger partial charge in [0.2, 0.25) is 0 Å². The molecule has 0 amide bonds. The molecule has 0 aliphatic heterocycles. The van der Waals surface area contributed by atoms with Gasteiger partial charge >= 0.3 is 0 Å². The highest BCUT2D eigenvalue weighted by molar-refractivity contribution is 9.09. The van der Waals surface area contributed by atoms with E-state index in [0.29, 0.717) is 6.61 Å². The topological polar surface area (TPSA) is 18.5 Å². The fraction of sp³-hybridized carbons (Fsp3) is 0.500. The van der Waals surface area contributed by atoms with Crippen LogP contribution >= 0.6 is 15.9 Å². The van der Waals surface area contributed by atoms with Crippen LogP contribution in [-0.2, 0) is 0 Å². The quantitative estimate of drug-likeness (QED) is 0.737. The largest absolute Gasteiger partial charge is 0.493 e. The number of alkyl halides is 1. The van der Waals surface area contributed by atoms with Crippen LogP contribution < -0.4 is 9.47 Å². The first-order valence-electron chi connectivity index (χ1n) is 5.21. The van der Waals surface area contributed by atoms with E-state index >= 15 is 0 Å². The Morgan fingerprint density at radius 3 is 2.33 bits per heavy atom. The summed E-state index contributed by atoms with van der Waals surface area (Å²) in [6, 6.07) is 7.74. The van der Waals surface area contributed by atoms with Gasteiger partial charge < -0.3 is 9.47 Å². The standard InChI is InChI=1S/C12H17BrO2/c1-3-10(2)15-12-6-4-11(5-7-12)14-9-8-13/h4-7,10H,3,8-9H2,1-2H3. The molecule has 0 N–H and O–H groups in total. The van der Waals surface area contributed by atoms with Crippen LogP contribution in [-0.4, -0.2) is 18.0 Å². The first-order valence-corrected chi connectivity index (χ1v) is 6.34. The normalized spacial score (nSPS) is 12.2. The van der Waals surface area contributed by atoms with E-state index in [1.165, 1.54) is 0 Å². The van der Waals surface area contributed by atoms with Crippen molar-refractivity contribution in [3.8, 4) is 11.5 Å². The lowest BCUT2D eigenvalue weighted by Crippen LogP contribution is -2.09. The molecule has 2 nitrogen and oxygen atoms in total. The number of benzene rings is 1. The molecule has 0 heterocycles. The van der Waals surface area contributed by atoms with Gasteiger partial charge in [-0.2, -0.15) is 0 Å². The Morgan fingerprint density at radius 2 is 1.80 bits per heavy atom. The maximum absolute atomic E-state index is 5.66. The summed E-state index contributed by atoms with van der Waals surface area (Å²) in [6.45, 7) is 4.86. The second-order valence-electron chi connectivity index (χ2n) is 3.35. The lowest BCUT2D eigenvalue weighted by atomic mass is 10.3. The zero-order valence-electron chi connectivity index (χ0n) is 9.20. The lowest BCUT2D eigenvalue weighted by molar-refractivity contribution is 0.217. The van der Waals surface area contributed by atoms with Crippen LogP contribution in [0.3, 0.4) is 0 Å². The fourth-order valence-corrected chi connectivity index (χ4v) is 1.25. The minimum atomic E-state index is 0.263. The van der Waals surface area contributed by atoms with Crippen molar-refractivity contribution in [3.05, 3.63) is 24.3 Å². The minimum Gasteiger partial charge on any atom is -0.493 e. The number of rotatable bonds is 6. The molecule has 15 heavy (non-hydrogen) atoms. The molecule has 1 atom stereocenters. The molecule has 0 saturated carbocycles. The van der Waals surface area contributed by atoms with E-state index in [9.17, 15) is 0 Å². The van der Waals surface area contributed by atoms with Crippen molar-refractivity contribution in [1.82, 2.24) is 0 Å². The van der Waals surface area contributed by atoms with Crippen molar-refractivity contribution in [2.75, 3.05) is 11.9 Å². The molecule has 0 aliphatic carbocycles. The van der Waals surface area contributed by atoms with Gasteiger partial charge in [-0.25, -0.2) is 0 Å². The summed E-state index contributed by atoms with van der Waals surface area (Å²) in [6.07, 6.45) is 1.28. The Kier molecular flexibility index (Phi) is 5.54. The number of halogens is 1. The molecule has 0 aromatic heterocycles. The molecule has 84 valence electrons. The van der Waals surface area contributed by atoms with Crippen molar-refractivity contribution < 1.29 is 9.47 Å². The van der Waals surface area contributed by atoms with Crippen LogP contribution in [0.2, 0.25) is 0 Å². The Bertz CT molecular complexity index is 271. The van der Waals surface area contributed by atoms with E-state index < -0.39 is 0 Å². The summed E-state index contributed by atoms with van der Waals surface area (Å²) in [5, 5.41) is 0.845. The maximum Gasteiger partial charge on any atom is 0.119 e. The first-order chi connectivity index (χ1) is 7.26. The van der Waals surface area contributed by atoms with Gasteiger partial charge in [-0.1, -0.05) is 22.9 Å². The van der Waals surface area contributed by atoms with Crippen molar-refractivity contribution in [2.45, 2.75) is 26.4 Å². The zero-order chi connectivity index (χ0) is 11.1. The highest BCUT2D eigenvalue weighted by atomic mass is 79.9. The van der Waals surface area contributed by atoms with Crippen LogP contribution in [0.1, 0.15) is 20.3 Å². The van der Waals surface area contributed by atoms with E-state index in [2.05, 4.69) is 29.8 Å². The van der Waals surface area contributed by atoms with E-state index in [1.54, 1.807) is 0 Å². The van der Waals surface area contributed by atoms with E-state index in [0.717, 1.165) is 23.2 Å². The molecule has 1 unspecified atom stereocenters. The van der Waals surface area contributed by atoms with Crippen LogP contribution in [0.5, 0.6) is 11.5 Å². The predicted molar refractivity (Wildman–Crippen MR) is 66.1 cm³/mol. The zero-order valence-corrected chi connectivity index (χ0v) is 10.8. The maximum atomic E-state index is 5.66. The average molecular weight is 273 g/mol. The van der Waals surface area contributed by atoms with E-state index in [4.69, 9.17) is 9.47 Å². The fourth-order valence-electron chi connectivity index (χ4n) is 1.09. The molecule has 0 radical (unpaired) electrons. The van der Waals surface area contributed by atoms with Gasteiger partial charge in [0.25, 0.3) is 0 Å². The minimum absolute atomic E-state index is 0.263. The van der Waals surface area contributed by atoms with Gasteiger partial charge in [-0.3, -0.25) is 0 Å². The first kappa shape index (κ1) is 12.4. The number of ether oxygens (including phenoxy) is 2. The number of hydrogen-bond acceptors (Lipinski definition) is 2. The summed E-state index contributed by atoms with van der Waals surface area (Å²) in [5.41, 5.74) is 0.